The highest BCUT2D eigenvalue weighted by Crippen LogP contribution is 2.32. The van der Waals surface area contributed by atoms with Gasteiger partial charge in [-0.15, -0.1) is 22.7 Å². The summed E-state index contributed by atoms with van der Waals surface area (Å²) in [5.74, 6) is -0.402. The minimum absolute atomic E-state index is 0.0661. The lowest BCUT2D eigenvalue weighted by Crippen LogP contribution is -2.13. The SMILES string of the molecule is COc1ccc(-c2csc(C(C#N)C(=O)Cc3csc(-c4ccccc4Cl)n3)n2)cc1. The number of nitrogens with zero attached hydrogens (tertiary/aromatic N) is 3. The number of hydrogen-bond acceptors (Lipinski definition) is 7. The van der Waals surface area contributed by atoms with E-state index in [1.54, 1.807) is 13.2 Å². The number of Topliss-reactive ketones (excluding diaryl/α,β-unsaturated/α-hetero) is 1. The maximum Gasteiger partial charge on any atom is 0.162 e. The first kappa shape index (κ1) is 21.2. The van der Waals surface area contributed by atoms with Crippen LogP contribution in [0.15, 0.2) is 59.3 Å². The molecular formula is C23H16ClN3O2S2. The molecule has 2 heterocycles. The highest BCUT2D eigenvalue weighted by atomic mass is 35.5. The van der Waals surface area contributed by atoms with Gasteiger partial charge in [0.25, 0.3) is 0 Å². The van der Waals surface area contributed by atoms with Crippen LogP contribution in [-0.2, 0) is 11.2 Å². The first-order chi connectivity index (χ1) is 15.1. The van der Waals surface area contributed by atoms with Gasteiger partial charge < -0.3 is 4.74 Å². The summed E-state index contributed by atoms with van der Waals surface area (Å²) in [7, 11) is 1.61. The van der Waals surface area contributed by atoms with E-state index in [9.17, 15) is 10.1 Å². The van der Waals surface area contributed by atoms with Crippen molar-refractivity contribution in [3.63, 3.8) is 0 Å². The predicted molar refractivity (Wildman–Crippen MR) is 124 cm³/mol. The van der Waals surface area contributed by atoms with Crippen molar-refractivity contribution in [2.45, 2.75) is 12.3 Å². The van der Waals surface area contributed by atoms with Gasteiger partial charge >= 0.3 is 0 Å². The third kappa shape index (κ3) is 4.67. The first-order valence-corrected chi connectivity index (χ1v) is 11.4. The number of ether oxygens (including phenoxy) is 1. The summed E-state index contributed by atoms with van der Waals surface area (Å²) in [5.41, 5.74) is 3.08. The lowest BCUT2D eigenvalue weighted by Gasteiger charge is -2.04. The predicted octanol–water partition coefficient (Wildman–Crippen LogP) is 6.01. The number of aromatic nitrogens is 2. The fourth-order valence-corrected chi connectivity index (χ4v) is 5.04. The zero-order chi connectivity index (χ0) is 21.8. The number of thiazole rings is 2. The van der Waals surface area contributed by atoms with E-state index in [-0.39, 0.29) is 12.2 Å². The van der Waals surface area contributed by atoms with Crippen LogP contribution in [0, 0.1) is 11.3 Å². The normalized spacial score (nSPS) is 11.6. The molecule has 1 atom stereocenters. The van der Waals surface area contributed by atoms with Gasteiger partial charge in [0.05, 0.1) is 36.0 Å². The summed E-state index contributed by atoms with van der Waals surface area (Å²) in [5, 5.41) is 15.2. The Morgan fingerprint density at radius 3 is 2.61 bits per heavy atom. The Bertz CT molecular complexity index is 1260. The van der Waals surface area contributed by atoms with Gasteiger partial charge in [-0.1, -0.05) is 29.8 Å². The van der Waals surface area contributed by atoms with Gasteiger partial charge in [-0.2, -0.15) is 5.26 Å². The van der Waals surface area contributed by atoms with Gasteiger partial charge in [-0.05, 0) is 30.3 Å². The van der Waals surface area contributed by atoms with Crippen LogP contribution in [0.3, 0.4) is 0 Å². The number of ketones is 1. The molecule has 0 aliphatic carbocycles. The number of methoxy groups -OCH3 is 1. The van der Waals surface area contributed by atoms with E-state index in [4.69, 9.17) is 16.3 Å². The Labute approximate surface area is 192 Å². The summed E-state index contributed by atoms with van der Waals surface area (Å²) >= 11 is 8.97. The molecule has 0 N–H and O–H groups in total. The van der Waals surface area contributed by atoms with Crippen molar-refractivity contribution in [1.29, 1.82) is 5.26 Å². The standard InChI is InChI=1S/C23H16ClN3O2S2/c1-29-16-8-6-14(7-9-16)20-13-31-23(27-20)18(11-25)21(28)10-15-12-30-22(26-15)17-4-2-3-5-19(17)24/h2-9,12-13,18H,10H2,1H3. The van der Waals surface area contributed by atoms with Crippen molar-refractivity contribution in [1.82, 2.24) is 9.97 Å². The Morgan fingerprint density at radius 2 is 1.90 bits per heavy atom. The average molecular weight is 466 g/mol. The molecule has 154 valence electrons. The molecule has 1 unspecified atom stereocenters. The monoisotopic (exact) mass is 465 g/mol. The molecule has 0 radical (unpaired) electrons. The molecule has 5 nitrogen and oxygen atoms in total. The van der Waals surface area contributed by atoms with Crippen LogP contribution >= 0.6 is 34.3 Å². The molecule has 0 aliphatic rings. The smallest absolute Gasteiger partial charge is 0.162 e. The van der Waals surface area contributed by atoms with Crippen molar-refractivity contribution >= 4 is 40.1 Å². The Kier molecular flexibility index (Phi) is 6.42. The van der Waals surface area contributed by atoms with Crippen LogP contribution < -0.4 is 4.74 Å². The van der Waals surface area contributed by atoms with E-state index >= 15 is 0 Å². The van der Waals surface area contributed by atoms with Gasteiger partial charge in [-0.25, -0.2) is 9.97 Å². The highest BCUT2D eigenvalue weighted by molar-refractivity contribution is 7.13. The number of hydrogen-bond donors (Lipinski definition) is 0. The van der Waals surface area contributed by atoms with Crippen molar-refractivity contribution in [2.24, 2.45) is 0 Å². The number of carbonyl (C=O) groups excluding carboxylic acids is 1. The quantitative estimate of drug-likeness (QED) is 0.334. The van der Waals surface area contributed by atoms with Crippen LogP contribution in [-0.4, -0.2) is 22.9 Å². The van der Waals surface area contributed by atoms with Crippen LogP contribution in [0.5, 0.6) is 5.75 Å². The van der Waals surface area contributed by atoms with Crippen molar-refractivity contribution in [2.75, 3.05) is 7.11 Å². The number of nitriles is 1. The number of halogens is 1. The van der Waals surface area contributed by atoms with Gasteiger partial charge in [0.2, 0.25) is 0 Å². The summed E-state index contributed by atoms with van der Waals surface area (Å²) in [6, 6.07) is 17.0. The van der Waals surface area contributed by atoms with E-state index in [2.05, 4.69) is 16.0 Å². The van der Waals surface area contributed by atoms with E-state index in [1.807, 2.05) is 53.2 Å². The highest BCUT2D eigenvalue weighted by Gasteiger charge is 2.25. The molecule has 4 rings (SSSR count). The van der Waals surface area contributed by atoms with E-state index < -0.39 is 5.92 Å². The molecule has 0 spiro atoms. The Morgan fingerprint density at radius 1 is 1.13 bits per heavy atom. The van der Waals surface area contributed by atoms with Crippen molar-refractivity contribution in [3.8, 4) is 33.6 Å². The molecule has 31 heavy (non-hydrogen) atoms. The van der Waals surface area contributed by atoms with Crippen LogP contribution in [0.4, 0.5) is 0 Å². The molecule has 0 fully saturated rings. The summed E-state index contributed by atoms with van der Waals surface area (Å²) in [6.45, 7) is 0. The zero-order valence-electron chi connectivity index (χ0n) is 16.4. The van der Waals surface area contributed by atoms with E-state index in [0.717, 1.165) is 27.6 Å². The fourth-order valence-electron chi connectivity index (χ4n) is 3.01. The second kappa shape index (κ2) is 9.40. The fraction of sp³-hybridized carbons (Fsp3) is 0.130. The van der Waals surface area contributed by atoms with Gasteiger partial charge in [0.1, 0.15) is 15.8 Å². The van der Waals surface area contributed by atoms with E-state index in [0.29, 0.717) is 15.7 Å². The van der Waals surface area contributed by atoms with Crippen molar-refractivity contribution in [3.05, 3.63) is 75.0 Å². The van der Waals surface area contributed by atoms with Gasteiger partial charge in [0, 0.05) is 21.9 Å². The maximum atomic E-state index is 12.9. The molecule has 0 saturated carbocycles. The number of benzene rings is 2. The third-order valence-electron chi connectivity index (χ3n) is 4.62. The number of rotatable bonds is 7. The zero-order valence-corrected chi connectivity index (χ0v) is 18.8. The Balaban J connectivity index is 1.50. The second-order valence-corrected chi connectivity index (χ2v) is 8.78. The van der Waals surface area contributed by atoms with E-state index in [1.165, 1.54) is 22.7 Å². The molecule has 0 aliphatic heterocycles. The minimum Gasteiger partial charge on any atom is -0.497 e. The van der Waals surface area contributed by atoms with Crippen LogP contribution in [0.25, 0.3) is 21.8 Å². The van der Waals surface area contributed by atoms with Gasteiger partial charge in [-0.3, -0.25) is 4.79 Å². The van der Waals surface area contributed by atoms with Crippen LogP contribution in [0.2, 0.25) is 5.02 Å². The summed E-state index contributed by atoms with van der Waals surface area (Å²) in [4.78, 5) is 21.9. The minimum atomic E-state index is -0.928. The lowest BCUT2D eigenvalue weighted by molar-refractivity contribution is -0.118. The second-order valence-electron chi connectivity index (χ2n) is 6.63. The number of carbonyl (C=O) groups is 1. The summed E-state index contributed by atoms with van der Waals surface area (Å²) in [6.07, 6.45) is 0.0661. The molecule has 2 aromatic carbocycles. The molecule has 0 bridgehead atoms. The molecule has 4 aromatic rings. The lowest BCUT2D eigenvalue weighted by atomic mass is 10.0. The molecule has 0 saturated heterocycles. The largest absolute Gasteiger partial charge is 0.497 e. The van der Waals surface area contributed by atoms with Crippen LogP contribution in [0.1, 0.15) is 16.6 Å². The average Bonchev–Trinajstić information content (AvgIpc) is 3.45. The topological polar surface area (TPSA) is 75.9 Å². The molecule has 0 amide bonds. The third-order valence-corrected chi connectivity index (χ3v) is 6.78. The molecular weight excluding hydrogens is 450 g/mol. The summed E-state index contributed by atoms with van der Waals surface area (Å²) < 4.78 is 5.17. The Hall–Kier alpha value is -3.05. The molecule has 2 aromatic heterocycles. The van der Waals surface area contributed by atoms with Crippen molar-refractivity contribution < 1.29 is 9.53 Å². The first-order valence-electron chi connectivity index (χ1n) is 9.30. The van der Waals surface area contributed by atoms with Gasteiger partial charge in [0.15, 0.2) is 11.7 Å². The molecule has 8 heteroatoms. The maximum absolute atomic E-state index is 12.9.